The van der Waals surface area contributed by atoms with Gasteiger partial charge in [-0.2, -0.15) is 0 Å². The Hall–Kier alpha value is -1.39. The van der Waals surface area contributed by atoms with E-state index in [9.17, 15) is 5.11 Å². The molecule has 22 heavy (non-hydrogen) atoms. The minimum Gasteiger partial charge on any atom is -0.390 e. The zero-order valence-electron chi connectivity index (χ0n) is 12.6. The van der Waals surface area contributed by atoms with Crippen LogP contribution in [-0.2, 0) is 12.8 Å². The van der Waals surface area contributed by atoms with Crippen LogP contribution in [0.1, 0.15) is 11.1 Å². The van der Waals surface area contributed by atoms with E-state index in [4.69, 9.17) is 17.3 Å². The van der Waals surface area contributed by atoms with Gasteiger partial charge in [0.15, 0.2) is 0 Å². The number of halogens is 1. The van der Waals surface area contributed by atoms with Crippen LogP contribution in [0.2, 0.25) is 5.02 Å². The van der Waals surface area contributed by atoms with Gasteiger partial charge < -0.3 is 16.2 Å². The Balaban J connectivity index is 1.69. The number of aliphatic hydroxyl groups is 1. The molecule has 0 saturated heterocycles. The molecule has 0 aliphatic rings. The molecule has 0 aliphatic heterocycles. The van der Waals surface area contributed by atoms with Gasteiger partial charge in [0.2, 0.25) is 0 Å². The van der Waals surface area contributed by atoms with Gasteiger partial charge in [0.1, 0.15) is 0 Å². The van der Waals surface area contributed by atoms with Crippen LogP contribution in [0.15, 0.2) is 54.6 Å². The summed E-state index contributed by atoms with van der Waals surface area (Å²) < 4.78 is 0. The largest absolute Gasteiger partial charge is 0.390 e. The highest BCUT2D eigenvalue weighted by Gasteiger charge is 2.14. The molecule has 0 fully saturated rings. The van der Waals surface area contributed by atoms with Crippen LogP contribution >= 0.6 is 11.6 Å². The van der Waals surface area contributed by atoms with Crippen LogP contribution < -0.4 is 11.1 Å². The molecule has 0 saturated carbocycles. The molecule has 0 heterocycles. The Kier molecular flexibility index (Phi) is 6.87. The summed E-state index contributed by atoms with van der Waals surface area (Å²) in [6.45, 7) is 1.25. The van der Waals surface area contributed by atoms with Crippen molar-refractivity contribution < 1.29 is 5.11 Å². The van der Waals surface area contributed by atoms with Gasteiger partial charge in [0.05, 0.1) is 6.10 Å². The summed E-state index contributed by atoms with van der Waals surface area (Å²) >= 11 is 6.11. The summed E-state index contributed by atoms with van der Waals surface area (Å²) in [5.41, 5.74) is 8.31. The maximum absolute atomic E-state index is 10.1. The predicted octanol–water partition coefficient (Wildman–Crippen LogP) is 2.40. The van der Waals surface area contributed by atoms with E-state index in [0.29, 0.717) is 13.0 Å². The molecule has 2 atom stereocenters. The molecule has 3 nitrogen and oxygen atoms in total. The summed E-state index contributed by atoms with van der Waals surface area (Å²) in [4.78, 5) is 0. The van der Waals surface area contributed by atoms with E-state index in [1.54, 1.807) is 0 Å². The molecule has 2 aromatic rings. The first-order valence-electron chi connectivity index (χ1n) is 7.58. The molecule has 4 N–H and O–H groups in total. The third-order valence-corrected chi connectivity index (χ3v) is 4.06. The second-order valence-electron chi connectivity index (χ2n) is 5.47. The van der Waals surface area contributed by atoms with Crippen molar-refractivity contribution in [2.24, 2.45) is 5.73 Å². The fourth-order valence-corrected chi connectivity index (χ4v) is 2.58. The molecule has 0 unspecified atom stereocenters. The number of aliphatic hydroxyl groups excluding tert-OH is 1. The molecule has 4 heteroatoms. The topological polar surface area (TPSA) is 58.3 Å². The molecule has 2 rings (SSSR count). The molecular formula is C18H23ClN2O. The van der Waals surface area contributed by atoms with Gasteiger partial charge in [-0.05, 0) is 36.6 Å². The van der Waals surface area contributed by atoms with Crippen LogP contribution in [-0.4, -0.2) is 30.3 Å². The van der Waals surface area contributed by atoms with E-state index in [0.717, 1.165) is 29.1 Å². The zero-order chi connectivity index (χ0) is 15.8. The third-order valence-electron chi connectivity index (χ3n) is 3.69. The van der Waals surface area contributed by atoms with Gasteiger partial charge in [-0.1, -0.05) is 60.1 Å². The molecule has 0 aliphatic carbocycles. The molecule has 2 aromatic carbocycles. The molecule has 0 aromatic heterocycles. The van der Waals surface area contributed by atoms with Gasteiger partial charge in [-0.15, -0.1) is 0 Å². The van der Waals surface area contributed by atoms with Crippen molar-refractivity contribution >= 4 is 11.6 Å². The Bertz CT molecular complexity index is 562. The van der Waals surface area contributed by atoms with Crippen LogP contribution in [0.25, 0.3) is 0 Å². The quantitative estimate of drug-likeness (QED) is 0.655. The van der Waals surface area contributed by atoms with Gasteiger partial charge in [-0.3, -0.25) is 0 Å². The number of nitrogens with one attached hydrogen (secondary N) is 1. The second kappa shape index (κ2) is 8.91. The van der Waals surface area contributed by atoms with E-state index in [1.807, 2.05) is 54.6 Å². The fourth-order valence-electron chi connectivity index (χ4n) is 2.35. The highest BCUT2D eigenvalue weighted by Crippen LogP contribution is 2.14. The minimum absolute atomic E-state index is 0.268. The van der Waals surface area contributed by atoms with Gasteiger partial charge in [-0.25, -0.2) is 0 Å². The Morgan fingerprint density at radius 3 is 2.45 bits per heavy atom. The summed E-state index contributed by atoms with van der Waals surface area (Å²) in [6, 6.07) is 17.5. The van der Waals surface area contributed by atoms with Crippen molar-refractivity contribution in [3.05, 3.63) is 70.7 Å². The molecule has 0 spiro atoms. The Morgan fingerprint density at radius 2 is 1.73 bits per heavy atom. The molecule has 118 valence electrons. The van der Waals surface area contributed by atoms with Crippen molar-refractivity contribution in [1.29, 1.82) is 0 Å². The molecule has 0 amide bonds. The average Bonchev–Trinajstić information content (AvgIpc) is 2.53. The summed E-state index contributed by atoms with van der Waals surface area (Å²) in [6.07, 6.45) is 0.945. The Labute approximate surface area is 137 Å². The van der Waals surface area contributed by atoms with Crippen LogP contribution in [0, 0.1) is 0 Å². The van der Waals surface area contributed by atoms with Crippen molar-refractivity contribution in [2.75, 3.05) is 13.1 Å². The summed E-state index contributed by atoms with van der Waals surface area (Å²) in [5.74, 6) is 0. The van der Waals surface area contributed by atoms with E-state index in [2.05, 4.69) is 5.32 Å². The van der Waals surface area contributed by atoms with Crippen molar-refractivity contribution in [1.82, 2.24) is 5.32 Å². The number of rotatable bonds is 8. The summed E-state index contributed by atoms with van der Waals surface area (Å²) in [7, 11) is 0. The highest BCUT2D eigenvalue weighted by atomic mass is 35.5. The number of nitrogens with two attached hydrogens (primary N) is 1. The minimum atomic E-state index is -0.563. The van der Waals surface area contributed by atoms with E-state index >= 15 is 0 Å². The maximum Gasteiger partial charge on any atom is 0.0818 e. The SMILES string of the molecule is N[C@@H](Cc1ccccc1)[C@H](O)CNCCc1ccccc1Cl. The summed E-state index contributed by atoms with van der Waals surface area (Å²) in [5, 5.41) is 14.1. The first-order chi connectivity index (χ1) is 10.7. The van der Waals surface area contributed by atoms with E-state index < -0.39 is 6.10 Å². The van der Waals surface area contributed by atoms with Crippen LogP contribution in [0.4, 0.5) is 0 Å². The maximum atomic E-state index is 10.1. The van der Waals surface area contributed by atoms with Crippen molar-refractivity contribution in [3.63, 3.8) is 0 Å². The fraction of sp³-hybridized carbons (Fsp3) is 0.333. The van der Waals surface area contributed by atoms with Crippen LogP contribution in [0.3, 0.4) is 0 Å². The molecule has 0 radical (unpaired) electrons. The normalized spacial score (nSPS) is 13.8. The van der Waals surface area contributed by atoms with Crippen LogP contribution in [0.5, 0.6) is 0 Å². The first-order valence-corrected chi connectivity index (χ1v) is 7.96. The monoisotopic (exact) mass is 318 g/mol. The second-order valence-corrected chi connectivity index (χ2v) is 5.87. The van der Waals surface area contributed by atoms with E-state index in [1.165, 1.54) is 0 Å². The average molecular weight is 319 g/mol. The Morgan fingerprint density at radius 1 is 1.05 bits per heavy atom. The third kappa shape index (κ3) is 5.43. The molecule has 0 bridgehead atoms. The first kappa shape index (κ1) is 17.0. The number of hydrogen-bond acceptors (Lipinski definition) is 3. The standard InChI is InChI=1S/C18H23ClN2O/c19-16-9-5-4-8-15(16)10-11-21-13-18(22)17(20)12-14-6-2-1-3-7-14/h1-9,17-18,21-22H,10-13,20H2/t17-,18+/m0/s1. The number of hydrogen-bond donors (Lipinski definition) is 3. The van der Waals surface area contributed by atoms with Gasteiger partial charge in [0.25, 0.3) is 0 Å². The lowest BCUT2D eigenvalue weighted by atomic mass is 10.0. The lowest BCUT2D eigenvalue weighted by Gasteiger charge is -2.19. The smallest absolute Gasteiger partial charge is 0.0818 e. The lowest BCUT2D eigenvalue weighted by molar-refractivity contribution is 0.142. The van der Waals surface area contributed by atoms with Gasteiger partial charge >= 0.3 is 0 Å². The molecular weight excluding hydrogens is 296 g/mol. The lowest BCUT2D eigenvalue weighted by Crippen LogP contribution is -2.43. The van der Waals surface area contributed by atoms with Crippen molar-refractivity contribution in [2.45, 2.75) is 25.0 Å². The van der Waals surface area contributed by atoms with Crippen molar-refractivity contribution in [3.8, 4) is 0 Å². The predicted molar refractivity (Wildman–Crippen MR) is 92.2 cm³/mol. The number of benzene rings is 2. The highest BCUT2D eigenvalue weighted by molar-refractivity contribution is 6.31. The zero-order valence-corrected chi connectivity index (χ0v) is 13.3. The van der Waals surface area contributed by atoms with E-state index in [-0.39, 0.29) is 6.04 Å². The van der Waals surface area contributed by atoms with Gasteiger partial charge in [0, 0.05) is 17.6 Å².